The molecule has 0 bridgehead atoms. The Labute approximate surface area is 106 Å². The highest BCUT2D eigenvalue weighted by Crippen LogP contribution is 2.12. The van der Waals surface area contributed by atoms with Gasteiger partial charge in [0.15, 0.2) is 0 Å². The van der Waals surface area contributed by atoms with Crippen LogP contribution in [0.5, 0.6) is 0 Å². The summed E-state index contributed by atoms with van der Waals surface area (Å²) in [5, 5.41) is 0. The van der Waals surface area contributed by atoms with Crippen LogP contribution in [-0.2, 0) is 9.53 Å². The van der Waals surface area contributed by atoms with Crippen molar-refractivity contribution >= 4 is 5.97 Å². The Morgan fingerprint density at radius 2 is 1.88 bits per heavy atom. The van der Waals surface area contributed by atoms with Crippen molar-refractivity contribution in [1.29, 1.82) is 0 Å². The van der Waals surface area contributed by atoms with Crippen LogP contribution in [0.15, 0.2) is 23.3 Å². The first-order valence-electron chi connectivity index (χ1n) is 6.40. The van der Waals surface area contributed by atoms with Crippen molar-refractivity contribution in [1.82, 2.24) is 0 Å². The maximum absolute atomic E-state index is 11.4. The van der Waals surface area contributed by atoms with E-state index in [9.17, 15) is 4.79 Å². The Morgan fingerprint density at radius 1 is 1.24 bits per heavy atom. The number of hydrogen-bond donors (Lipinski definition) is 0. The summed E-state index contributed by atoms with van der Waals surface area (Å²) < 4.78 is 5.17. The lowest BCUT2D eigenvalue weighted by Gasteiger charge is -2.10. The molecule has 0 saturated heterocycles. The molecule has 0 aromatic rings. The second-order valence-corrected chi connectivity index (χ2v) is 4.86. The average Bonchev–Trinajstić information content (AvgIpc) is 2.27. The van der Waals surface area contributed by atoms with Crippen molar-refractivity contribution in [3.05, 3.63) is 23.3 Å². The molecule has 1 atom stereocenters. The molecule has 1 unspecified atom stereocenters. The molecule has 17 heavy (non-hydrogen) atoms. The lowest BCUT2D eigenvalue weighted by molar-refractivity contribution is -0.139. The quantitative estimate of drug-likeness (QED) is 0.376. The van der Waals surface area contributed by atoms with Crippen LogP contribution in [0.1, 0.15) is 53.9 Å². The second-order valence-electron chi connectivity index (χ2n) is 4.86. The van der Waals surface area contributed by atoms with Gasteiger partial charge < -0.3 is 4.74 Å². The fourth-order valence-electron chi connectivity index (χ4n) is 1.39. The molecule has 2 nitrogen and oxygen atoms in total. The molecule has 0 aromatic heterocycles. The highest BCUT2D eigenvalue weighted by Gasteiger charge is 2.06. The fraction of sp³-hybridized carbons (Fsp3) is 0.667. The van der Waals surface area contributed by atoms with Crippen LogP contribution in [-0.4, -0.2) is 12.6 Å². The first-order valence-corrected chi connectivity index (χ1v) is 6.40. The molecule has 0 radical (unpaired) electrons. The summed E-state index contributed by atoms with van der Waals surface area (Å²) in [7, 11) is 0. The number of rotatable bonds is 7. The highest BCUT2D eigenvalue weighted by molar-refractivity contribution is 5.87. The van der Waals surface area contributed by atoms with E-state index < -0.39 is 0 Å². The van der Waals surface area contributed by atoms with Gasteiger partial charge in [-0.1, -0.05) is 24.6 Å². The van der Waals surface area contributed by atoms with Crippen molar-refractivity contribution in [2.75, 3.05) is 6.61 Å². The van der Waals surface area contributed by atoms with Gasteiger partial charge in [-0.25, -0.2) is 4.79 Å². The van der Waals surface area contributed by atoms with Gasteiger partial charge in [-0.2, -0.15) is 0 Å². The maximum Gasteiger partial charge on any atom is 0.333 e. The predicted octanol–water partition coefficient (Wildman–Crippen LogP) is 4.27. The number of carbonyl (C=O) groups excluding carboxylic acids is 1. The Hall–Kier alpha value is -1.05. The van der Waals surface area contributed by atoms with Gasteiger partial charge in [0.25, 0.3) is 0 Å². The molecule has 0 aliphatic heterocycles. The van der Waals surface area contributed by atoms with Crippen molar-refractivity contribution < 1.29 is 9.53 Å². The van der Waals surface area contributed by atoms with E-state index in [0.717, 1.165) is 19.3 Å². The molecule has 0 aromatic carbocycles. The van der Waals surface area contributed by atoms with E-state index in [0.29, 0.717) is 18.1 Å². The van der Waals surface area contributed by atoms with Crippen LogP contribution >= 0.6 is 0 Å². The molecule has 98 valence electrons. The van der Waals surface area contributed by atoms with Crippen LogP contribution in [0.2, 0.25) is 0 Å². The third kappa shape index (κ3) is 8.73. The summed E-state index contributed by atoms with van der Waals surface area (Å²) in [6.07, 6.45) is 7.25. The Morgan fingerprint density at radius 3 is 2.41 bits per heavy atom. The molecule has 0 rings (SSSR count). The van der Waals surface area contributed by atoms with Gasteiger partial charge in [0.05, 0.1) is 6.61 Å². The number of carbonyl (C=O) groups is 1. The van der Waals surface area contributed by atoms with Gasteiger partial charge in [0.2, 0.25) is 0 Å². The zero-order chi connectivity index (χ0) is 13.3. The third-order valence-electron chi connectivity index (χ3n) is 2.81. The zero-order valence-corrected chi connectivity index (χ0v) is 11.9. The Kier molecular flexibility index (Phi) is 8.47. The molecule has 0 aliphatic carbocycles. The molecular weight excluding hydrogens is 212 g/mol. The molecule has 0 aliphatic rings. The van der Waals surface area contributed by atoms with Gasteiger partial charge in [-0.05, 0) is 52.9 Å². The molecule has 0 spiro atoms. The zero-order valence-electron chi connectivity index (χ0n) is 11.9. The van der Waals surface area contributed by atoms with Gasteiger partial charge in [-0.15, -0.1) is 0 Å². The monoisotopic (exact) mass is 238 g/mol. The van der Waals surface area contributed by atoms with E-state index >= 15 is 0 Å². The average molecular weight is 238 g/mol. The van der Waals surface area contributed by atoms with Gasteiger partial charge in [0.1, 0.15) is 0 Å². The van der Waals surface area contributed by atoms with Crippen molar-refractivity contribution in [2.24, 2.45) is 5.92 Å². The predicted molar refractivity (Wildman–Crippen MR) is 72.8 cm³/mol. The minimum absolute atomic E-state index is 0.191. The van der Waals surface area contributed by atoms with Gasteiger partial charge in [0, 0.05) is 5.57 Å². The van der Waals surface area contributed by atoms with E-state index in [1.807, 2.05) is 6.92 Å². The van der Waals surface area contributed by atoms with E-state index in [4.69, 9.17) is 4.74 Å². The summed E-state index contributed by atoms with van der Waals surface area (Å²) in [5.74, 6) is 0.410. The summed E-state index contributed by atoms with van der Waals surface area (Å²) in [6.45, 7) is 10.6. The Balaban J connectivity index is 3.68. The van der Waals surface area contributed by atoms with Crippen LogP contribution in [0.25, 0.3) is 0 Å². The summed E-state index contributed by atoms with van der Waals surface area (Å²) in [5.41, 5.74) is 2.05. The van der Waals surface area contributed by atoms with Crippen LogP contribution < -0.4 is 0 Å². The van der Waals surface area contributed by atoms with E-state index in [1.165, 1.54) is 5.57 Å². The van der Waals surface area contributed by atoms with Crippen LogP contribution in [0, 0.1) is 5.92 Å². The number of ether oxygens (including phenoxy) is 1. The minimum Gasteiger partial charge on any atom is -0.462 e. The van der Waals surface area contributed by atoms with E-state index in [2.05, 4.69) is 26.8 Å². The van der Waals surface area contributed by atoms with E-state index in [1.54, 1.807) is 13.0 Å². The van der Waals surface area contributed by atoms with Crippen molar-refractivity contribution in [3.8, 4) is 0 Å². The van der Waals surface area contributed by atoms with Crippen molar-refractivity contribution in [2.45, 2.75) is 53.9 Å². The number of allylic oxidation sites excluding steroid dienone is 3. The molecular formula is C15H26O2. The summed E-state index contributed by atoms with van der Waals surface area (Å²) >= 11 is 0. The topological polar surface area (TPSA) is 26.3 Å². The standard InChI is InChI=1S/C15H26O2/c1-6-14(5)15(16)17-11-10-13(4)9-7-8-12(2)3/h6,8,13H,7,9-11H2,1-5H3/b14-6-. The lowest BCUT2D eigenvalue weighted by atomic mass is 10.0. The van der Waals surface area contributed by atoms with E-state index in [-0.39, 0.29) is 5.97 Å². The lowest BCUT2D eigenvalue weighted by Crippen LogP contribution is -2.09. The molecule has 0 amide bonds. The minimum atomic E-state index is -0.191. The smallest absolute Gasteiger partial charge is 0.333 e. The van der Waals surface area contributed by atoms with Crippen LogP contribution in [0.3, 0.4) is 0 Å². The summed E-state index contributed by atoms with van der Waals surface area (Å²) in [6, 6.07) is 0. The first kappa shape index (κ1) is 16.0. The van der Waals surface area contributed by atoms with Crippen LogP contribution in [0.4, 0.5) is 0 Å². The third-order valence-corrected chi connectivity index (χ3v) is 2.81. The number of esters is 1. The molecule has 0 heterocycles. The summed E-state index contributed by atoms with van der Waals surface area (Å²) in [4.78, 5) is 11.4. The number of hydrogen-bond acceptors (Lipinski definition) is 2. The first-order chi connectivity index (χ1) is 7.97. The normalized spacial score (nSPS) is 13.1. The Bertz CT molecular complexity index is 283. The maximum atomic E-state index is 11.4. The molecule has 0 saturated carbocycles. The SMILES string of the molecule is C/C=C(/C)C(=O)OCCC(C)CCC=C(C)C. The highest BCUT2D eigenvalue weighted by atomic mass is 16.5. The molecule has 0 N–H and O–H groups in total. The molecule has 0 fully saturated rings. The van der Waals surface area contributed by atoms with Crippen molar-refractivity contribution in [3.63, 3.8) is 0 Å². The second kappa shape index (κ2) is 9.03. The van der Waals surface area contributed by atoms with Gasteiger partial charge >= 0.3 is 5.97 Å². The molecule has 2 heteroatoms. The largest absolute Gasteiger partial charge is 0.462 e. The fourth-order valence-corrected chi connectivity index (χ4v) is 1.39. The van der Waals surface area contributed by atoms with Gasteiger partial charge in [-0.3, -0.25) is 0 Å².